The van der Waals surface area contributed by atoms with Crippen molar-refractivity contribution in [3.8, 4) is 28.2 Å². The van der Waals surface area contributed by atoms with Crippen molar-refractivity contribution in [2.75, 3.05) is 6.26 Å². The van der Waals surface area contributed by atoms with Gasteiger partial charge in [-0.25, -0.2) is 22.5 Å². The van der Waals surface area contributed by atoms with Crippen molar-refractivity contribution in [3.05, 3.63) is 70.9 Å². The second kappa shape index (κ2) is 7.57. The summed E-state index contributed by atoms with van der Waals surface area (Å²) in [6.07, 6.45) is -3.87. The Hall–Kier alpha value is -3.05. The minimum absolute atomic E-state index is 0.0426. The molecule has 11 heteroatoms. The lowest BCUT2D eigenvalue weighted by Gasteiger charge is -2.10. The van der Waals surface area contributed by atoms with Gasteiger partial charge in [0.05, 0.1) is 22.6 Å². The number of hydrogen-bond acceptors (Lipinski definition) is 5. The van der Waals surface area contributed by atoms with Crippen LogP contribution >= 0.6 is 11.3 Å². The molecule has 31 heavy (non-hydrogen) atoms. The lowest BCUT2D eigenvalue weighted by Crippen LogP contribution is -2.08. The summed E-state index contributed by atoms with van der Waals surface area (Å²) in [5, 5.41) is 5.44. The number of sulfone groups is 1. The molecule has 4 aromatic rings. The van der Waals surface area contributed by atoms with Gasteiger partial charge in [0.1, 0.15) is 10.7 Å². The summed E-state index contributed by atoms with van der Waals surface area (Å²) < 4.78 is 78.6. The lowest BCUT2D eigenvalue weighted by molar-refractivity contribution is -0.141. The summed E-state index contributed by atoms with van der Waals surface area (Å²) >= 11 is 1.42. The van der Waals surface area contributed by atoms with Crippen LogP contribution in [0, 0.1) is 5.82 Å². The molecule has 0 saturated carbocycles. The van der Waals surface area contributed by atoms with Gasteiger partial charge >= 0.3 is 6.18 Å². The van der Waals surface area contributed by atoms with E-state index in [0.717, 1.165) is 40.4 Å². The van der Waals surface area contributed by atoms with Crippen molar-refractivity contribution in [3.63, 3.8) is 0 Å². The van der Waals surface area contributed by atoms with E-state index in [9.17, 15) is 26.0 Å². The number of thiazole rings is 1. The summed E-state index contributed by atoms with van der Waals surface area (Å²) in [7, 11) is -3.83. The molecule has 0 fully saturated rings. The molecule has 0 radical (unpaired) electrons. The molecule has 0 spiro atoms. The van der Waals surface area contributed by atoms with E-state index in [1.807, 2.05) is 5.38 Å². The quantitative estimate of drug-likeness (QED) is 0.386. The van der Waals surface area contributed by atoms with Crippen molar-refractivity contribution in [1.82, 2.24) is 14.8 Å². The number of aromatic nitrogens is 3. The highest BCUT2D eigenvalue weighted by Crippen LogP contribution is 2.34. The third kappa shape index (κ3) is 4.23. The molecule has 0 unspecified atom stereocenters. The van der Waals surface area contributed by atoms with Crippen molar-refractivity contribution < 1.29 is 26.0 Å². The molecular formula is C20H13F4N3O2S2. The molecule has 4 rings (SSSR count). The molecule has 0 amide bonds. The van der Waals surface area contributed by atoms with Gasteiger partial charge in [0.25, 0.3) is 0 Å². The molecule has 2 aromatic carbocycles. The largest absolute Gasteiger partial charge is 0.435 e. The van der Waals surface area contributed by atoms with Gasteiger partial charge < -0.3 is 0 Å². The third-order valence-electron chi connectivity index (χ3n) is 4.47. The Morgan fingerprint density at radius 1 is 1.00 bits per heavy atom. The molecule has 0 saturated heterocycles. The fraction of sp³-hybridized carbons (Fsp3) is 0.100. The molecule has 0 atom stereocenters. The van der Waals surface area contributed by atoms with Gasteiger partial charge in [-0.15, -0.1) is 11.3 Å². The maximum atomic E-state index is 14.4. The molecule has 0 aliphatic carbocycles. The van der Waals surface area contributed by atoms with E-state index in [2.05, 4.69) is 10.1 Å². The first-order valence-electron chi connectivity index (χ1n) is 8.70. The van der Waals surface area contributed by atoms with Crippen molar-refractivity contribution in [2.24, 2.45) is 0 Å². The summed E-state index contributed by atoms with van der Waals surface area (Å²) in [6, 6.07) is 10.6. The second-order valence-corrected chi connectivity index (χ2v) is 9.37. The zero-order chi connectivity index (χ0) is 22.4. The van der Waals surface area contributed by atoms with E-state index < -0.39 is 32.4 Å². The van der Waals surface area contributed by atoms with E-state index in [0.29, 0.717) is 5.56 Å². The van der Waals surface area contributed by atoms with E-state index in [-0.39, 0.29) is 11.4 Å². The Balaban J connectivity index is 1.84. The molecule has 0 aliphatic heterocycles. The molecule has 0 aliphatic rings. The average Bonchev–Trinajstić information content (AvgIpc) is 3.37. The molecule has 0 N–H and O–H groups in total. The molecule has 160 valence electrons. The standard InChI is InChI=1S/C20H13F4N3O2S2/c1-31(28,29)18-7-6-14(8-15(18)21)27-17(9-19(26-27)20(22,23)24)13-4-2-12(3-5-13)16-10-30-11-25-16/h2-11H,1H3. The maximum absolute atomic E-state index is 14.4. The van der Waals surface area contributed by atoms with Crippen LogP contribution in [0.3, 0.4) is 0 Å². The minimum Gasteiger partial charge on any atom is -0.245 e. The van der Waals surface area contributed by atoms with E-state index in [4.69, 9.17) is 0 Å². The van der Waals surface area contributed by atoms with Gasteiger partial charge in [0.15, 0.2) is 15.5 Å². The van der Waals surface area contributed by atoms with E-state index in [1.165, 1.54) is 17.4 Å². The van der Waals surface area contributed by atoms with Crippen LogP contribution in [0.5, 0.6) is 0 Å². The van der Waals surface area contributed by atoms with Gasteiger partial charge in [0.2, 0.25) is 0 Å². The normalized spacial score (nSPS) is 12.3. The van der Waals surface area contributed by atoms with Gasteiger partial charge in [-0.3, -0.25) is 0 Å². The molecule has 5 nitrogen and oxygen atoms in total. The summed E-state index contributed by atoms with van der Waals surface area (Å²) in [6.45, 7) is 0. The van der Waals surface area contributed by atoms with Crippen molar-refractivity contribution in [1.29, 1.82) is 0 Å². The van der Waals surface area contributed by atoms with Crippen LogP contribution in [-0.4, -0.2) is 29.4 Å². The number of benzene rings is 2. The average molecular weight is 467 g/mol. The Morgan fingerprint density at radius 2 is 1.68 bits per heavy atom. The summed E-state index contributed by atoms with van der Waals surface area (Å²) in [4.78, 5) is 3.64. The Morgan fingerprint density at radius 3 is 2.23 bits per heavy atom. The van der Waals surface area contributed by atoms with Crippen molar-refractivity contribution in [2.45, 2.75) is 11.1 Å². The zero-order valence-electron chi connectivity index (χ0n) is 15.8. The maximum Gasteiger partial charge on any atom is 0.435 e. The smallest absolute Gasteiger partial charge is 0.245 e. The first-order chi connectivity index (χ1) is 14.5. The Kier molecular flexibility index (Phi) is 5.18. The van der Waals surface area contributed by atoms with Crippen LogP contribution in [-0.2, 0) is 16.0 Å². The fourth-order valence-corrected chi connectivity index (χ4v) is 4.30. The fourth-order valence-electron chi connectivity index (χ4n) is 3.01. The number of hydrogen-bond donors (Lipinski definition) is 0. The van der Waals surface area contributed by atoms with Crippen LogP contribution < -0.4 is 0 Å². The second-order valence-electron chi connectivity index (χ2n) is 6.66. The summed E-state index contributed by atoms with van der Waals surface area (Å²) in [5.74, 6) is -1.08. The highest BCUT2D eigenvalue weighted by atomic mass is 32.2. The number of halogens is 4. The molecule has 2 aromatic heterocycles. The number of nitrogens with zero attached hydrogens (tertiary/aromatic N) is 3. The monoisotopic (exact) mass is 467 g/mol. The number of rotatable bonds is 4. The van der Waals surface area contributed by atoms with Gasteiger partial charge in [-0.1, -0.05) is 24.3 Å². The van der Waals surface area contributed by atoms with Gasteiger partial charge in [-0.05, 0) is 18.2 Å². The molecule has 0 bridgehead atoms. The number of alkyl halides is 3. The topological polar surface area (TPSA) is 64.8 Å². The third-order valence-corrected chi connectivity index (χ3v) is 6.18. The van der Waals surface area contributed by atoms with Gasteiger partial charge in [0, 0.05) is 28.8 Å². The predicted octanol–water partition coefficient (Wildman–Crippen LogP) is 5.22. The predicted molar refractivity (Wildman–Crippen MR) is 108 cm³/mol. The SMILES string of the molecule is CS(=O)(=O)c1ccc(-n2nc(C(F)(F)F)cc2-c2ccc(-c3cscn3)cc2)cc1F. The van der Waals surface area contributed by atoms with Crippen LogP contribution in [0.15, 0.2) is 64.3 Å². The van der Waals surface area contributed by atoms with Gasteiger partial charge in [-0.2, -0.15) is 18.3 Å². The highest BCUT2D eigenvalue weighted by Gasteiger charge is 2.35. The first-order valence-corrected chi connectivity index (χ1v) is 11.5. The lowest BCUT2D eigenvalue weighted by atomic mass is 10.1. The van der Waals surface area contributed by atoms with Crippen LogP contribution in [0.25, 0.3) is 28.2 Å². The highest BCUT2D eigenvalue weighted by molar-refractivity contribution is 7.90. The minimum atomic E-state index is -4.72. The van der Waals surface area contributed by atoms with Crippen LogP contribution in [0.1, 0.15) is 5.69 Å². The molecular weight excluding hydrogens is 454 g/mol. The zero-order valence-corrected chi connectivity index (χ0v) is 17.4. The van der Waals surface area contributed by atoms with E-state index in [1.54, 1.807) is 29.8 Å². The van der Waals surface area contributed by atoms with Crippen molar-refractivity contribution >= 4 is 21.2 Å². The first kappa shape index (κ1) is 21.2. The van der Waals surface area contributed by atoms with E-state index >= 15 is 0 Å². The van der Waals surface area contributed by atoms with Crippen LogP contribution in [0.4, 0.5) is 17.6 Å². The Labute approximate surface area is 178 Å². The molecule has 2 heterocycles. The van der Waals surface area contributed by atoms with Crippen LogP contribution in [0.2, 0.25) is 0 Å². The summed E-state index contributed by atoms with van der Waals surface area (Å²) in [5.41, 5.74) is 2.48. The Bertz CT molecular complexity index is 1340.